The number of aliphatic hydroxyl groups is 1. The average Bonchev–Trinajstić information content (AvgIpc) is 2.14. The Balaban J connectivity index is 2.39. The van der Waals surface area contributed by atoms with Gasteiger partial charge in [0.2, 0.25) is 0 Å². The normalized spacial score (nSPS) is 27.9. The molecule has 0 bridgehead atoms. The van der Waals surface area contributed by atoms with E-state index in [-0.39, 0.29) is 12.0 Å². The maximum Gasteiger partial charge on any atom is 0.145 e. The summed E-state index contributed by atoms with van der Waals surface area (Å²) in [6.07, 6.45) is 3.14. The Hall–Kier alpha value is -0.770. The summed E-state index contributed by atoms with van der Waals surface area (Å²) < 4.78 is 5.08. The topological polar surface area (TPSA) is 64.9 Å². The molecule has 4 nitrogen and oxygen atoms in total. The predicted octanol–water partition coefficient (Wildman–Crippen LogP) is 1.07. The fraction of sp³-hybridized carbons (Fsp3) is 0.917. The third-order valence-electron chi connectivity index (χ3n) is 2.72. The molecule has 1 aliphatic rings. The second-order valence-corrected chi connectivity index (χ2v) is 5.43. The zero-order chi connectivity index (χ0) is 12.2. The van der Waals surface area contributed by atoms with Crippen LogP contribution in [0.15, 0.2) is 4.99 Å². The van der Waals surface area contributed by atoms with Crippen molar-refractivity contribution in [3.8, 4) is 0 Å². The van der Waals surface area contributed by atoms with Gasteiger partial charge < -0.3 is 14.9 Å². The van der Waals surface area contributed by atoms with Crippen LogP contribution in [0.3, 0.4) is 0 Å². The average molecular weight is 228 g/mol. The number of aliphatic imine (C=N–C) groups is 1. The molecule has 0 spiro atoms. The molecule has 1 fully saturated rings. The van der Waals surface area contributed by atoms with Gasteiger partial charge in [0, 0.05) is 18.1 Å². The van der Waals surface area contributed by atoms with Crippen LogP contribution in [-0.4, -0.2) is 29.4 Å². The molecule has 1 rings (SSSR count). The zero-order valence-electron chi connectivity index (χ0n) is 10.4. The van der Waals surface area contributed by atoms with E-state index in [9.17, 15) is 10.2 Å². The molecule has 16 heavy (non-hydrogen) atoms. The first-order chi connectivity index (χ1) is 7.38. The number of hydrogen-bond donors (Lipinski definition) is 1. The fourth-order valence-corrected chi connectivity index (χ4v) is 1.89. The highest BCUT2D eigenvalue weighted by atomic mass is 16.6. The third kappa shape index (κ3) is 4.84. The molecule has 0 aromatic carbocycles. The lowest BCUT2D eigenvalue weighted by molar-refractivity contribution is -0.260. The number of aliphatic hydroxyl groups excluding tert-OH is 1. The van der Waals surface area contributed by atoms with Crippen LogP contribution in [0.4, 0.5) is 0 Å². The molecule has 4 heteroatoms. The molecule has 0 saturated heterocycles. The van der Waals surface area contributed by atoms with Gasteiger partial charge in [-0.2, -0.15) is 0 Å². The predicted molar refractivity (Wildman–Crippen MR) is 61.1 cm³/mol. The highest BCUT2D eigenvalue weighted by Gasteiger charge is 2.22. The Labute approximate surface area is 97.3 Å². The van der Waals surface area contributed by atoms with Gasteiger partial charge in [0.1, 0.15) is 6.08 Å². The molecule has 0 amide bonds. The highest BCUT2D eigenvalue weighted by Crippen LogP contribution is 2.24. The molecule has 1 N–H and O–H groups in total. The van der Waals surface area contributed by atoms with Crippen LogP contribution in [-0.2, 0) is 4.74 Å². The molecule has 0 aromatic rings. The Morgan fingerprint density at radius 2 is 2.00 bits per heavy atom. The van der Waals surface area contributed by atoms with E-state index in [0.29, 0.717) is 6.54 Å². The van der Waals surface area contributed by atoms with Gasteiger partial charge >= 0.3 is 0 Å². The van der Waals surface area contributed by atoms with Crippen LogP contribution in [0.2, 0.25) is 0 Å². The maximum atomic E-state index is 11.3. The molecule has 2 atom stereocenters. The Morgan fingerprint density at radius 3 is 2.56 bits per heavy atom. The molecule has 0 aliphatic heterocycles. The van der Waals surface area contributed by atoms with Crippen molar-refractivity contribution >= 4 is 6.08 Å². The van der Waals surface area contributed by atoms with Crippen LogP contribution in [0.1, 0.15) is 46.5 Å². The van der Waals surface area contributed by atoms with Crippen molar-refractivity contribution in [1.29, 1.82) is 0 Å². The largest absolute Gasteiger partial charge is 0.595 e. The van der Waals surface area contributed by atoms with Crippen LogP contribution < -0.4 is 5.11 Å². The van der Waals surface area contributed by atoms with Gasteiger partial charge in [-0.3, -0.25) is 4.99 Å². The Morgan fingerprint density at radius 1 is 1.38 bits per heavy atom. The molecular weight excluding hydrogens is 206 g/mol. The lowest BCUT2D eigenvalue weighted by Gasteiger charge is -2.30. The molecule has 0 radical (unpaired) electrons. The molecule has 0 unspecified atom stereocenters. The lowest BCUT2D eigenvalue weighted by Crippen LogP contribution is -2.33. The SMILES string of the molecule is CC(C)(C)OC([O-])=NC[C@H]1CCCC[C@H]1O. The third-order valence-corrected chi connectivity index (χ3v) is 2.72. The first-order valence-electron chi connectivity index (χ1n) is 5.97. The van der Waals surface area contributed by atoms with Crippen molar-refractivity contribution in [2.24, 2.45) is 10.9 Å². The lowest BCUT2D eigenvalue weighted by atomic mass is 9.87. The minimum Gasteiger partial charge on any atom is -0.595 e. The number of nitrogens with zero attached hydrogens (tertiary/aromatic N) is 1. The van der Waals surface area contributed by atoms with Crippen molar-refractivity contribution in [1.82, 2.24) is 0 Å². The smallest absolute Gasteiger partial charge is 0.145 e. The number of ether oxygens (including phenoxy) is 1. The van der Waals surface area contributed by atoms with Gasteiger partial charge in [-0.15, -0.1) is 0 Å². The van der Waals surface area contributed by atoms with Gasteiger partial charge in [-0.1, -0.05) is 33.6 Å². The minimum atomic E-state index is -0.523. The van der Waals surface area contributed by atoms with Gasteiger partial charge in [0.25, 0.3) is 0 Å². The molecule has 1 aliphatic carbocycles. The Kier molecular flexibility index (Phi) is 4.59. The van der Waals surface area contributed by atoms with Crippen molar-refractivity contribution in [2.75, 3.05) is 6.54 Å². The summed E-state index contributed by atoms with van der Waals surface area (Å²) in [5.74, 6) is 0.126. The van der Waals surface area contributed by atoms with Crippen LogP contribution in [0, 0.1) is 5.92 Å². The second kappa shape index (κ2) is 5.53. The molecule has 94 valence electrons. The summed E-state index contributed by atoms with van der Waals surface area (Å²) >= 11 is 0. The van der Waals surface area contributed by atoms with Gasteiger partial charge in [-0.25, -0.2) is 0 Å². The number of hydrogen-bond acceptors (Lipinski definition) is 4. The second-order valence-electron chi connectivity index (χ2n) is 5.43. The van der Waals surface area contributed by atoms with Crippen molar-refractivity contribution in [3.63, 3.8) is 0 Å². The minimum absolute atomic E-state index is 0.126. The Bertz CT molecular complexity index is 245. The molecule has 0 aromatic heterocycles. The van der Waals surface area contributed by atoms with E-state index < -0.39 is 11.7 Å². The van der Waals surface area contributed by atoms with Crippen LogP contribution in [0.5, 0.6) is 0 Å². The van der Waals surface area contributed by atoms with E-state index in [1.807, 2.05) is 20.8 Å². The summed E-state index contributed by atoms with van der Waals surface area (Å²) in [4.78, 5) is 3.86. The van der Waals surface area contributed by atoms with Gasteiger partial charge in [-0.05, 0) is 12.8 Å². The summed E-state index contributed by atoms with van der Waals surface area (Å²) in [5, 5.41) is 21.0. The zero-order valence-corrected chi connectivity index (χ0v) is 10.4. The van der Waals surface area contributed by atoms with E-state index in [1.165, 1.54) is 0 Å². The van der Waals surface area contributed by atoms with E-state index in [1.54, 1.807) is 0 Å². The summed E-state index contributed by atoms with van der Waals surface area (Å²) in [7, 11) is 0. The van der Waals surface area contributed by atoms with Crippen molar-refractivity contribution < 1.29 is 14.9 Å². The van der Waals surface area contributed by atoms with Crippen LogP contribution >= 0.6 is 0 Å². The van der Waals surface area contributed by atoms with Gasteiger partial charge in [0.05, 0.1) is 6.10 Å². The quantitative estimate of drug-likeness (QED) is 0.568. The van der Waals surface area contributed by atoms with E-state index in [2.05, 4.69) is 4.99 Å². The standard InChI is InChI=1S/C12H23NO3/c1-12(2,3)16-11(15)13-8-9-6-4-5-7-10(9)14/h9-10,14H,4-8H2,1-3H3,(H,13,15)/p-1/t9-,10-/m1/s1. The van der Waals surface area contributed by atoms with Gasteiger partial charge in [0.15, 0.2) is 0 Å². The first kappa shape index (κ1) is 13.3. The fourth-order valence-electron chi connectivity index (χ4n) is 1.89. The monoisotopic (exact) mass is 228 g/mol. The molecular formula is C12H22NO3-. The summed E-state index contributed by atoms with van der Waals surface area (Å²) in [5.41, 5.74) is -0.494. The van der Waals surface area contributed by atoms with E-state index >= 15 is 0 Å². The maximum absolute atomic E-state index is 11.3. The summed E-state index contributed by atoms with van der Waals surface area (Å²) in [6, 6.07) is 0. The van der Waals surface area contributed by atoms with Crippen molar-refractivity contribution in [2.45, 2.75) is 58.2 Å². The summed E-state index contributed by atoms with van der Waals surface area (Å²) in [6.45, 7) is 5.83. The number of rotatable bonds is 2. The molecule has 0 heterocycles. The van der Waals surface area contributed by atoms with E-state index in [4.69, 9.17) is 4.74 Å². The van der Waals surface area contributed by atoms with E-state index in [0.717, 1.165) is 25.7 Å². The molecule has 1 saturated carbocycles. The highest BCUT2D eigenvalue weighted by molar-refractivity contribution is 5.62. The van der Waals surface area contributed by atoms with Crippen molar-refractivity contribution in [3.05, 3.63) is 0 Å². The van der Waals surface area contributed by atoms with Crippen LogP contribution in [0.25, 0.3) is 0 Å². The first-order valence-corrected chi connectivity index (χ1v) is 5.97.